The smallest absolute Gasteiger partial charge is 0.256 e. The van der Waals surface area contributed by atoms with Crippen molar-refractivity contribution in [2.75, 3.05) is 13.1 Å². The number of rotatable bonds is 3. The van der Waals surface area contributed by atoms with Crippen LogP contribution in [0, 0.1) is 0 Å². The van der Waals surface area contributed by atoms with Crippen LogP contribution in [0.4, 0.5) is 0 Å². The Morgan fingerprint density at radius 1 is 1.29 bits per heavy atom. The van der Waals surface area contributed by atoms with Gasteiger partial charge < -0.3 is 0 Å². The number of hydrogen-bond acceptors (Lipinski definition) is 4. The average Bonchev–Trinajstić information content (AvgIpc) is 2.30. The Balaban J connectivity index is 2.16. The first-order chi connectivity index (χ1) is 8.09. The van der Waals surface area contributed by atoms with E-state index in [0.29, 0.717) is 0 Å². The summed E-state index contributed by atoms with van der Waals surface area (Å²) in [4.78, 5) is 6.34. The topological polar surface area (TPSA) is 62.3 Å². The molecule has 0 bridgehead atoms. The molecule has 0 unspecified atom stereocenters. The zero-order chi connectivity index (χ0) is 12.3. The molecule has 5 nitrogen and oxygen atoms in total. The fourth-order valence-electron chi connectivity index (χ4n) is 1.77. The van der Waals surface area contributed by atoms with Gasteiger partial charge in [-0.25, -0.2) is 13.4 Å². The summed E-state index contributed by atoms with van der Waals surface area (Å²) in [5, 5.41) is 1.90. The number of nitrogens with zero attached hydrogens (tertiary/aromatic N) is 2. The molecule has 1 aromatic heterocycles. The number of aromatic nitrogens is 1. The minimum atomic E-state index is -3.61. The van der Waals surface area contributed by atoms with E-state index in [-0.39, 0.29) is 9.92 Å². The van der Waals surface area contributed by atoms with Crippen LogP contribution in [0.1, 0.15) is 19.3 Å². The molecule has 1 saturated heterocycles. The maximum absolute atomic E-state index is 12.0. The Hall–Kier alpha value is -0.690. The van der Waals surface area contributed by atoms with E-state index < -0.39 is 10.0 Å². The zero-order valence-corrected chi connectivity index (χ0v) is 10.8. The number of hydrogen-bond donors (Lipinski definition) is 1. The average molecular weight is 276 g/mol. The van der Waals surface area contributed by atoms with Gasteiger partial charge in [-0.05, 0) is 18.9 Å². The molecule has 0 spiro atoms. The van der Waals surface area contributed by atoms with Crippen LogP contribution >= 0.6 is 11.6 Å². The van der Waals surface area contributed by atoms with Gasteiger partial charge in [0.25, 0.3) is 10.0 Å². The fourth-order valence-corrected chi connectivity index (χ4v) is 3.32. The molecule has 1 aliphatic rings. The molecular formula is C10H14ClN3O2S. The van der Waals surface area contributed by atoms with Crippen LogP contribution in [0.3, 0.4) is 0 Å². The molecule has 0 atom stereocenters. The van der Waals surface area contributed by atoms with Gasteiger partial charge in [-0.3, -0.25) is 4.98 Å². The van der Waals surface area contributed by atoms with E-state index in [0.717, 1.165) is 32.4 Å². The van der Waals surface area contributed by atoms with E-state index >= 15 is 0 Å². The predicted molar refractivity (Wildman–Crippen MR) is 65.0 cm³/mol. The molecule has 0 amide bonds. The van der Waals surface area contributed by atoms with E-state index in [9.17, 15) is 8.42 Å². The summed E-state index contributed by atoms with van der Waals surface area (Å²) in [5.74, 6) is 0. The quantitative estimate of drug-likeness (QED) is 0.906. The molecule has 0 aromatic carbocycles. The Kier molecular flexibility index (Phi) is 3.98. The summed E-state index contributed by atoms with van der Waals surface area (Å²) < 4.78 is 24.1. The highest BCUT2D eigenvalue weighted by atomic mass is 35.5. The van der Waals surface area contributed by atoms with E-state index in [4.69, 9.17) is 11.6 Å². The molecule has 1 aromatic rings. The van der Waals surface area contributed by atoms with Gasteiger partial charge in [-0.2, -0.15) is 0 Å². The second kappa shape index (κ2) is 5.30. The first-order valence-corrected chi connectivity index (χ1v) is 7.32. The number of hydrazine groups is 1. The number of piperidine rings is 1. The lowest BCUT2D eigenvalue weighted by Gasteiger charge is -2.26. The zero-order valence-electron chi connectivity index (χ0n) is 9.26. The molecular weight excluding hydrogens is 262 g/mol. The molecule has 0 radical (unpaired) electrons. The van der Waals surface area contributed by atoms with Crippen LogP contribution < -0.4 is 4.83 Å². The van der Waals surface area contributed by atoms with Crippen LogP contribution in [0.5, 0.6) is 0 Å². The van der Waals surface area contributed by atoms with Crippen LogP contribution in [-0.2, 0) is 10.0 Å². The first kappa shape index (κ1) is 12.8. The van der Waals surface area contributed by atoms with Crippen LogP contribution in [0.2, 0.25) is 5.02 Å². The van der Waals surface area contributed by atoms with Crippen molar-refractivity contribution in [3.8, 4) is 0 Å². The van der Waals surface area contributed by atoms with Gasteiger partial charge >= 0.3 is 0 Å². The van der Waals surface area contributed by atoms with Gasteiger partial charge in [0.05, 0.1) is 5.02 Å². The summed E-state index contributed by atoms with van der Waals surface area (Å²) >= 11 is 5.85. The molecule has 17 heavy (non-hydrogen) atoms. The van der Waals surface area contributed by atoms with Gasteiger partial charge in [0, 0.05) is 25.5 Å². The Labute approximate surface area is 106 Å². The monoisotopic (exact) mass is 275 g/mol. The maximum atomic E-state index is 12.0. The summed E-state index contributed by atoms with van der Waals surface area (Å²) in [6, 6.07) is 1.46. The van der Waals surface area contributed by atoms with E-state index in [1.54, 1.807) is 5.01 Å². The standard InChI is InChI=1S/C10H14ClN3O2S/c11-9-4-5-12-8-10(9)17(15,16)13-14-6-2-1-3-7-14/h4-5,8,13H,1-3,6-7H2. The summed E-state index contributed by atoms with van der Waals surface area (Å²) in [6.07, 6.45) is 5.87. The van der Waals surface area contributed by atoms with Crippen molar-refractivity contribution in [1.29, 1.82) is 0 Å². The van der Waals surface area contributed by atoms with Crippen molar-refractivity contribution in [2.24, 2.45) is 0 Å². The Morgan fingerprint density at radius 2 is 2.00 bits per heavy atom. The van der Waals surface area contributed by atoms with Crippen LogP contribution in [0.25, 0.3) is 0 Å². The van der Waals surface area contributed by atoms with Gasteiger partial charge in [0.15, 0.2) is 0 Å². The highest BCUT2D eigenvalue weighted by Gasteiger charge is 2.22. The second-order valence-electron chi connectivity index (χ2n) is 3.95. The molecule has 1 N–H and O–H groups in total. The number of pyridine rings is 1. The van der Waals surface area contributed by atoms with Gasteiger partial charge in [-0.1, -0.05) is 18.0 Å². The van der Waals surface area contributed by atoms with E-state index in [2.05, 4.69) is 9.82 Å². The first-order valence-electron chi connectivity index (χ1n) is 5.46. The molecule has 2 rings (SSSR count). The van der Waals surface area contributed by atoms with Crippen molar-refractivity contribution in [3.05, 3.63) is 23.5 Å². The second-order valence-corrected chi connectivity index (χ2v) is 5.99. The molecule has 1 aliphatic heterocycles. The number of sulfonamides is 1. The Morgan fingerprint density at radius 3 is 2.65 bits per heavy atom. The third kappa shape index (κ3) is 3.16. The summed E-state index contributed by atoms with van der Waals surface area (Å²) in [7, 11) is -3.61. The van der Waals surface area contributed by atoms with Gasteiger partial charge in [0.1, 0.15) is 4.90 Å². The highest BCUT2D eigenvalue weighted by molar-refractivity contribution is 7.89. The minimum Gasteiger partial charge on any atom is -0.263 e. The predicted octanol–water partition coefficient (Wildman–Crippen LogP) is 1.41. The summed E-state index contributed by atoms with van der Waals surface area (Å²) in [6.45, 7) is 1.47. The SMILES string of the molecule is O=S(=O)(NN1CCCCC1)c1cnccc1Cl. The minimum absolute atomic E-state index is 0.0206. The van der Waals surface area contributed by atoms with Crippen molar-refractivity contribution < 1.29 is 8.42 Å². The molecule has 1 fully saturated rings. The Bertz CT molecular complexity index is 486. The lowest BCUT2D eigenvalue weighted by molar-refractivity contribution is 0.200. The number of nitrogens with one attached hydrogen (secondary N) is 1. The third-order valence-corrected chi connectivity index (χ3v) is 4.47. The van der Waals surface area contributed by atoms with Crippen molar-refractivity contribution in [2.45, 2.75) is 24.2 Å². The molecule has 0 aliphatic carbocycles. The lowest BCUT2D eigenvalue weighted by Crippen LogP contribution is -2.44. The van der Waals surface area contributed by atoms with Crippen molar-refractivity contribution >= 4 is 21.6 Å². The van der Waals surface area contributed by atoms with Gasteiger partial charge in [-0.15, -0.1) is 4.83 Å². The molecule has 2 heterocycles. The molecule has 94 valence electrons. The third-order valence-electron chi connectivity index (χ3n) is 2.63. The highest BCUT2D eigenvalue weighted by Crippen LogP contribution is 2.19. The number of halogens is 1. The molecule has 7 heteroatoms. The normalized spacial score (nSPS) is 18.2. The largest absolute Gasteiger partial charge is 0.263 e. The van der Waals surface area contributed by atoms with Crippen LogP contribution in [-0.4, -0.2) is 31.5 Å². The lowest BCUT2D eigenvalue weighted by atomic mass is 10.2. The summed E-state index contributed by atoms with van der Waals surface area (Å²) in [5.41, 5.74) is 0. The van der Waals surface area contributed by atoms with Crippen molar-refractivity contribution in [3.63, 3.8) is 0 Å². The van der Waals surface area contributed by atoms with Crippen LogP contribution in [0.15, 0.2) is 23.4 Å². The fraction of sp³-hybridized carbons (Fsp3) is 0.500. The molecule has 0 saturated carbocycles. The maximum Gasteiger partial charge on any atom is 0.256 e. The van der Waals surface area contributed by atoms with E-state index in [1.807, 2.05) is 0 Å². The van der Waals surface area contributed by atoms with E-state index in [1.165, 1.54) is 18.5 Å². The van der Waals surface area contributed by atoms with Gasteiger partial charge in [0.2, 0.25) is 0 Å². The van der Waals surface area contributed by atoms with Crippen molar-refractivity contribution in [1.82, 2.24) is 14.8 Å².